The number of rotatable bonds is 2. The zero-order valence-electron chi connectivity index (χ0n) is 15.2. The normalized spacial score (nSPS) is 26.1. The van der Waals surface area contributed by atoms with Crippen LogP contribution in [0.25, 0.3) is 0 Å². The molecule has 2 aliphatic rings. The van der Waals surface area contributed by atoms with E-state index in [1.54, 1.807) is 31.3 Å². The zero-order chi connectivity index (χ0) is 15.6. The van der Waals surface area contributed by atoms with E-state index in [-0.39, 0.29) is 30.2 Å². The molecule has 3 rings (SSSR count). The predicted octanol–water partition coefficient (Wildman–Crippen LogP) is -1.11. The summed E-state index contributed by atoms with van der Waals surface area (Å²) in [5, 5.41) is 0. The molecular formula is C19H27Cl2NZr. The third-order valence-corrected chi connectivity index (χ3v) is 11.2. The second-order valence-electron chi connectivity index (χ2n) is 7.91. The van der Waals surface area contributed by atoms with Crippen LogP contribution in [-0.2, 0) is 28.6 Å². The van der Waals surface area contributed by atoms with E-state index < -0.39 is 23.2 Å². The van der Waals surface area contributed by atoms with Gasteiger partial charge in [0, 0.05) is 0 Å². The number of allylic oxidation sites excluding steroid dienone is 4. The van der Waals surface area contributed by atoms with E-state index in [9.17, 15) is 0 Å². The van der Waals surface area contributed by atoms with Crippen LogP contribution in [0.2, 0.25) is 3.12 Å². The molecule has 2 aliphatic carbocycles. The molecule has 0 saturated heterocycles. The van der Waals surface area contributed by atoms with Gasteiger partial charge in [0.25, 0.3) is 0 Å². The van der Waals surface area contributed by atoms with Crippen LogP contribution >= 0.6 is 0 Å². The van der Waals surface area contributed by atoms with E-state index in [0.29, 0.717) is 3.12 Å². The number of aromatic nitrogens is 1. The standard InChI is InChI=1S/C11H15.C8H12N.2ClH.Zr/c1-6-5-10-8(3)7(2)9(4)11(6)10;1-8(2,3)7-4-5-9-6-7;;;/h6H,5H2,1-4H3;4-5,9H,1-3H3;2*1H;/q;;;;+2/p-2. The SMILES string of the molecule is CC1=C(C)[C]2([Zr+2][c]3[nH]ccc3C(C)(C)C)C(=C1C)CC2C.[Cl-].[Cl-]. The summed E-state index contributed by atoms with van der Waals surface area (Å²) in [5.74, 6) is 0.836. The molecule has 2 atom stereocenters. The van der Waals surface area contributed by atoms with Crippen LogP contribution in [0, 0.1) is 5.92 Å². The molecule has 4 heteroatoms. The van der Waals surface area contributed by atoms with E-state index in [0.717, 1.165) is 5.92 Å². The molecular weight excluding hydrogens is 404 g/mol. The molecule has 0 radical (unpaired) electrons. The summed E-state index contributed by atoms with van der Waals surface area (Å²) in [5.41, 5.74) is 8.47. The molecule has 0 aliphatic heterocycles. The van der Waals surface area contributed by atoms with E-state index in [2.05, 4.69) is 65.7 Å². The first-order valence-corrected chi connectivity index (χ1v) is 10.5. The molecule has 1 aromatic heterocycles. The number of hydrogen-bond donors (Lipinski definition) is 1. The van der Waals surface area contributed by atoms with Crippen LogP contribution in [0.3, 0.4) is 0 Å². The Hall–Kier alpha value is 0.223. The average Bonchev–Trinajstić information content (AvgIpc) is 2.91. The second-order valence-corrected chi connectivity index (χ2v) is 11.7. The largest absolute Gasteiger partial charge is 1.00 e. The van der Waals surface area contributed by atoms with Crippen LogP contribution in [0.1, 0.15) is 60.5 Å². The average molecular weight is 432 g/mol. The van der Waals surface area contributed by atoms with Gasteiger partial charge in [0.2, 0.25) is 0 Å². The summed E-state index contributed by atoms with van der Waals surface area (Å²) in [6.45, 7) is 16.6. The monoisotopic (exact) mass is 429 g/mol. The van der Waals surface area contributed by atoms with Gasteiger partial charge in [0.1, 0.15) is 0 Å². The Labute approximate surface area is 165 Å². The van der Waals surface area contributed by atoms with Crippen molar-refractivity contribution in [2.24, 2.45) is 5.92 Å². The van der Waals surface area contributed by atoms with Crippen molar-refractivity contribution in [2.75, 3.05) is 0 Å². The van der Waals surface area contributed by atoms with E-state index in [4.69, 9.17) is 0 Å². The first-order chi connectivity index (χ1) is 9.69. The Morgan fingerprint density at radius 1 is 1.13 bits per heavy atom. The Kier molecular flexibility index (Phi) is 6.33. The predicted molar refractivity (Wildman–Crippen MR) is 86.7 cm³/mol. The van der Waals surface area contributed by atoms with Crippen molar-refractivity contribution in [1.29, 1.82) is 0 Å². The van der Waals surface area contributed by atoms with Crippen molar-refractivity contribution in [2.45, 2.75) is 63.4 Å². The molecule has 0 bridgehead atoms. The summed E-state index contributed by atoms with van der Waals surface area (Å²) in [6, 6.07) is 2.31. The number of nitrogens with one attached hydrogen (secondary N) is 1. The van der Waals surface area contributed by atoms with Crippen molar-refractivity contribution >= 4 is 3.40 Å². The third kappa shape index (κ3) is 2.98. The molecule has 0 amide bonds. The van der Waals surface area contributed by atoms with Gasteiger partial charge in [-0.15, -0.1) is 0 Å². The van der Waals surface area contributed by atoms with Gasteiger partial charge in [0.15, 0.2) is 0 Å². The van der Waals surface area contributed by atoms with Crippen molar-refractivity contribution in [3.8, 4) is 0 Å². The maximum Gasteiger partial charge on any atom is -1.00 e. The summed E-state index contributed by atoms with van der Waals surface area (Å²) in [6.07, 6.45) is 3.49. The molecule has 0 aromatic carbocycles. The fourth-order valence-electron chi connectivity index (χ4n) is 4.22. The Morgan fingerprint density at radius 2 is 1.74 bits per heavy atom. The smallest absolute Gasteiger partial charge is 1.00 e. The van der Waals surface area contributed by atoms with Gasteiger partial charge in [0.05, 0.1) is 0 Å². The minimum atomic E-state index is -0.731. The first kappa shape index (κ1) is 21.3. The summed E-state index contributed by atoms with van der Waals surface area (Å²) in [7, 11) is 0. The molecule has 1 fully saturated rings. The van der Waals surface area contributed by atoms with Crippen LogP contribution in [0.4, 0.5) is 0 Å². The number of H-pyrrole nitrogens is 1. The molecule has 126 valence electrons. The summed E-state index contributed by atoms with van der Waals surface area (Å²) < 4.78 is 2.08. The topological polar surface area (TPSA) is 15.8 Å². The molecule has 1 saturated carbocycles. The number of fused-ring (bicyclic) bond motifs is 1. The molecule has 1 heterocycles. The third-order valence-electron chi connectivity index (χ3n) is 5.77. The Morgan fingerprint density at radius 3 is 2.22 bits per heavy atom. The van der Waals surface area contributed by atoms with Crippen LogP contribution in [0.15, 0.2) is 34.6 Å². The van der Waals surface area contributed by atoms with E-state index in [1.807, 2.05) is 0 Å². The van der Waals surface area contributed by atoms with E-state index >= 15 is 0 Å². The molecule has 23 heavy (non-hydrogen) atoms. The first-order valence-electron chi connectivity index (χ1n) is 8.04. The minimum Gasteiger partial charge on any atom is -1.00 e. The van der Waals surface area contributed by atoms with Crippen molar-refractivity contribution < 1.29 is 48.0 Å². The maximum absolute atomic E-state index is 3.62. The van der Waals surface area contributed by atoms with Gasteiger partial charge in [-0.05, 0) is 0 Å². The molecule has 0 spiro atoms. The zero-order valence-corrected chi connectivity index (χ0v) is 19.2. The van der Waals surface area contributed by atoms with Crippen LogP contribution in [0.5, 0.6) is 0 Å². The Balaban J connectivity index is 0.00000132. The van der Waals surface area contributed by atoms with Crippen LogP contribution < -0.4 is 28.2 Å². The minimum absolute atomic E-state index is 0. The van der Waals surface area contributed by atoms with Gasteiger partial charge in [-0.2, -0.15) is 0 Å². The summed E-state index contributed by atoms with van der Waals surface area (Å²) in [4.78, 5) is 3.62. The van der Waals surface area contributed by atoms with Gasteiger partial charge in [-0.3, -0.25) is 0 Å². The van der Waals surface area contributed by atoms with Gasteiger partial charge in [-0.25, -0.2) is 0 Å². The van der Waals surface area contributed by atoms with Crippen molar-refractivity contribution in [3.63, 3.8) is 0 Å². The molecule has 1 N–H and O–H groups in total. The number of hydrogen-bond acceptors (Lipinski definition) is 0. The Bertz CT molecular complexity index is 643. The number of aromatic amines is 1. The molecule has 1 nitrogen and oxygen atoms in total. The number of halogens is 2. The summed E-state index contributed by atoms with van der Waals surface area (Å²) >= 11 is -0.731. The van der Waals surface area contributed by atoms with E-state index in [1.165, 1.54) is 6.42 Å². The molecule has 1 aromatic rings. The fraction of sp³-hybridized carbons (Fsp3) is 0.579. The quantitative estimate of drug-likeness (QED) is 0.612. The van der Waals surface area contributed by atoms with Crippen molar-refractivity contribution in [1.82, 2.24) is 4.98 Å². The van der Waals surface area contributed by atoms with Crippen LogP contribution in [-0.4, -0.2) is 4.98 Å². The maximum atomic E-state index is 3.62. The van der Waals surface area contributed by atoms with Gasteiger partial charge < -0.3 is 24.8 Å². The van der Waals surface area contributed by atoms with Crippen molar-refractivity contribution in [3.05, 3.63) is 40.1 Å². The molecule has 2 unspecified atom stereocenters. The van der Waals surface area contributed by atoms with Gasteiger partial charge >= 0.3 is 141 Å². The fourth-order valence-corrected chi connectivity index (χ4v) is 9.89. The second kappa shape index (κ2) is 6.85. The van der Waals surface area contributed by atoms with Gasteiger partial charge in [-0.1, -0.05) is 0 Å².